The van der Waals surface area contributed by atoms with Crippen LogP contribution in [-0.4, -0.2) is 11.1 Å². The molecule has 0 spiro atoms. The highest BCUT2D eigenvalue weighted by Crippen LogP contribution is 2.54. The second-order valence-electron chi connectivity index (χ2n) is 8.70. The van der Waals surface area contributed by atoms with Gasteiger partial charge in [0.1, 0.15) is 11.6 Å². The lowest BCUT2D eigenvalue weighted by atomic mass is 9.95. The lowest BCUT2D eigenvalue weighted by Crippen LogP contribution is -1.96. The second-order valence-corrected chi connectivity index (χ2v) is 13.9. The summed E-state index contributed by atoms with van der Waals surface area (Å²) in [4.78, 5) is 15.0. The summed E-state index contributed by atoms with van der Waals surface area (Å²) >= 11 is 17.7. The maximum Gasteiger partial charge on any atom is 0.346 e. The smallest absolute Gasteiger partial charge is 0.346 e. The van der Waals surface area contributed by atoms with Crippen LogP contribution in [0.2, 0.25) is 0 Å². The molecule has 0 aliphatic rings. The molecule has 0 unspecified atom stereocenters. The molecule has 0 saturated heterocycles. The average Bonchev–Trinajstić information content (AvgIpc) is 3.45. The van der Waals surface area contributed by atoms with Crippen LogP contribution in [-0.2, 0) is 4.79 Å². The molecule has 1 N–H and O–H groups in total. The van der Waals surface area contributed by atoms with Crippen LogP contribution in [0.15, 0.2) is 108 Å². The van der Waals surface area contributed by atoms with E-state index in [1.165, 1.54) is 17.4 Å². The fourth-order valence-electron chi connectivity index (χ4n) is 4.11. The standard InChI is InChI=1S/C32H17Br4NO2S2/c33-25-24(16-22(17-37)32(38)39)40-30(26(25)34)31-28(36)27(35)29(41-31)21-13-11-18(12-14-21)15-23(19-7-3-1-4-8-19)20-9-5-2-6-10-20/h1-16H,(H,38,39)/b22-16-. The molecule has 0 aliphatic heterocycles. The first-order valence-corrected chi connectivity index (χ1v) is 16.8. The van der Waals surface area contributed by atoms with Crippen molar-refractivity contribution in [2.45, 2.75) is 0 Å². The lowest BCUT2D eigenvalue weighted by molar-refractivity contribution is -0.132. The zero-order valence-corrected chi connectivity index (χ0v) is 28.8. The van der Waals surface area contributed by atoms with Gasteiger partial charge in [0.15, 0.2) is 0 Å². The van der Waals surface area contributed by atoms with Gasteiger partial charge in [-0.15, -0.1) is 22.7 Å². The number of carboxylic acid groups (broad SMARTS) is 1. The highest BCUT2D eigenvalue weighted by molar-refractivity contribution is 9.13. The normalized spacial score (nSPS) is 11.2. The molecule has 0 atom stereocenters. The van der Waals surface area contributed by atoms with E-state index in [9.17, 15) is 15.2 Å². The van der Waals surface area contributed by atoms with Crippen molar-refractivity contribution >= 4 is 110 Å². The van der Waals surface area contributed by atoms with Gasteiger partial charge in [0.2, 0.25) is 0 Å². The molecule has 5 aromatic rings. The maximum atomic E-state index is 11.4. The van der Waals surface area contributed by atoms with Crippen LogP contribution in [0, 0.1) is 11.3 Å². The number of carbonyl (C=O) groups is 1. The lowest BCUT2D eigenvalue weighted by Gasteiger charge is -2.09. The number of benzene rings is 3. The highest BCUT2D eigenvalue weighted by Gasteiger charge is 2.23. The van der Waals surface area contributed by atoms with Gasteiger partial charge in [-0.3, -0.25) is 0 Å². The topological polar surface area (TPSA) is 61.1 Å². The number of aliphatic carboxylic acids is 1. The zero-order chi connectivity index (χ0) is 29.1. The Morgan fingerprint density at radius 1 is 0.683 bits per heavy atom. The Kier molecular flexibility index (Phi) is 9.59. The summed E-state index contributed by atoms with van der Waals surface area (Å²) in [5, 5.41) is 18.5. The first-order valence-electron chi connectivity index (χ1n) is 12.0. The predicted molar refractivity (Wildman–Crippen MR) is 185 cm³/mol. The third-order valence-corrected chi connectivity index (χ3v) is 14.0. The van der Waals surface area contributed by atoms with E-state index in [0.29, 0.717) is 9.35 Å². The van der Waals surface area contributed by atoms with E-state index in [-0.39, 0.29) is 5.57 Å². The number of nitrogens with zero attached hydrogens (tertiary/aromatic N) is 1. The Balaban J connectivity index is 1.51. The zero-order valence-electron chi connectivity index (χ0n) is 20.9. The van der Waals surface area contributed by atoms with E-state index < -0.39 is 5.97 Å². The first kappa shape index (κ1) is 29.9. The number of hydrogen-bond donors (Lipinski definition) is 1. The number of hydrogen-bond acceptors (Lipinski definition) is 4. The van der Waals surface area contributed by atoms with Crippen molar-refractivity contribution in [3.05, 3.63) is 130 Å². The molecule has 0 radical (unpaired) electrons. The number of carboxylic acids is 1. The molecule has 0 amide bonds. The number of thiophene rings is 2. The van der Waals surface area contributed by atoms with Crippen molar-refractivity contribution in [2.24, 2.45) is 0 Å². The predicted octanol–water partition coefficient (Wildman–Crippen LogP) is 11.8. The first-order chi connectivity index (χ1) is 19.8. The third kappa shape index (κ3) is 6.43. The molecule has 2 heterocycles. The molecule has 2 aromatic heterocycles. The molecule has 41 heavy (non-hydrogen) atoms. The summed E-state index contributed by atoms with van der Waals surface area (Å²) in [6.45, 7) is 0. The van der Waals surface area contributed by atoms with Gasteiger partial charge in [0.05, 0.1) is 32.5 Å². The van der Waals surface area contributed by atoms with E-state index in [0.717, 1.165) is 55.9 Å². The van der Waals surface area contributed by atoms with Crippen molar-refractivity contribution in [1.82, 2.24) is 0 Å². The molecule has 0 saturated carbocycles. The van der Waals surface area contributed by atoms with Gasteiger partial charge in [-0.05, 0) is 104 Å². The minimum Gasteiger partial charge on any atom is -0.477 e. The van der Waals surface area contributed by atoms with Crippen LogP contribution in [0.5, 0.6) is 0 Å². The molecular formula is C32H17Br4NO2S2. The van der Waals surface area contributed by atoms with Gasteiger partial charge in [0.25, 0.3) is 0 Å². The van der Waals surface area contributed by atoms with Crippen molar-refractivity contribution in [2.75, 3.05) is 0 Å². The summed E-state index contributed by atoms with van der Waals surface area (Å²) in [5.41, 5.74) is 5.30. The largest absolute Gasteiger partial charge is 0.477 e. The number of nitriles is 1. The monoisotopic (exact) mass is 827 g/mol. The summed E-state index contributed by atoms with van der Waals surface area (Å²) in [6.07, 6.45) is 3.59. The molecule has 3 aromatic carbocycles. The average molecular weight is 831 g/mol. The van der Waals surface area contributed by atoms with Gasteiger partial charge in [-0.2, -0.15) is 5.26 Å². The molecule has 0 aliphatic carbocycles. The Hall–Kier alpha value is -2.58. The van der Waals surface area contributed by atoms with Crippen molar-refractivity contribution < 1.29 is 9.90 Å². The Morgan fingerprint density at radius 3 is 1.73 bits per heavy atom. The van der Waals surface area contributed by atoms with Crippen molar-refractivity contribution in [3.8, 4) is 26.3 Å². The minimum atomic E-state index is -1.26. The second kappa shape index (κ2) is 13.2. The van der Waals surface area contributed by atoms with Gasteiger partial charge >= 0.3 is 5.97 Å². The van der Waals surface area contributed by atoms with E-state index in [1.54, 1.807) is 17.4 Å². The molecule has 0 fully saturated rings. The fraction of sp³-hybridized carbons (Fsp3) is 0. The summed E-state index contributed by atoms with van der Waals surface area (Å²) in [5.74, 6) is -1.26. The highest BCUT2D eigenvalue weighted by atomic mass is 79.9. The maximum absolute atomic E-state index is 11.4. The molecule has 0 bridgehead atoms. The number of halogens is 4. The minimum absolute atomic E-state index is 0.324. The molecule has 202 valence electrons. The van der Waals surface area contributed by atoms with Crippen LogP contribution in [0.4, 0.5) is 0 Å². The van der Waals surface area contributed by atoms with E-state index >= 15 is 0 Å². The third-order valence-electron chi connectivity index (χ3n) is 6.10. The summed E-state index contributed by atoms with van der Waals surface area (Å²) < 4.78 is 3.34. The van der Waals surface area contributed by atoms with E-state index in [2.05, 4.69) is 143 Å². The van der Waals surface area contributed by atoms with E-state index in [1.807, 2.05) is 12.1 Å². The van der Waals surface area contributed by atoms with E-state index in [4.69, 9.17) is 0 Å². The number of rotatable bonds is 7. The van der Waals surface area contributed by atoms with Gasteiger partial charge < -0.3 is 5.11 Å². The Labute approximate surface area is 279 Å². The molecular weight excluding hydrogens is 814 g/mol. The quantitative estimate of drug-likeness (QED) is 0.101. The van der Waals surface area contributed by atoms with Crippen LogP contribution in [0.3, 0.4) is 0 Å². The summed E-state index contributed by atoms with van der Waals surface area (Å²) in [6, 6.07) is 31.0. The van der Waals surface area contributed by atoms with Gasteiger partial charge in [-0.1, -0.05) is 84.9 Å². The van der Waals surface area contributed by atoms with Crippen LogP contribution in [0.25, 0.3) is 37.9 Å². The van der Waals surface area contributed by atoms with Gasteiger partial charge in [-0.25, -0.2) is 4.79 Å². The van der Waals surface area contributed by atoms with Crippen molar-refractivity contribution in [3.63, 3.8) is 0 Å². The summed E-state index contributed by atoms with van der Waals surface area (Å²) in [7, 11) is 0. The van der Waals surface area contributed by atoms with Crippen LogP contribution >= 0.6 is 86.4 Å². The van der Waals surface area contributed by atoms with Crippen LogP contribution in [0.1, 0.15) is 21.6 Å². The van der Waals surface area contributed by atoms with Crippen LogP contribution < -0.4 is 0 Å². The molecule has 5 rings (SSSR count). The van der Waals surface area contributed by atoms with Gasteiger partial charge in [0, 0.05) is 4.88 Å². The fourth-order valence-corrected chi connectivity index (χ4v) is 9.68. The van der Waals surface area contributed by atoms with Crippen molar-refractivity contribution in [1.29, 1.82) is 5.26 Å². The molecule has 9 heteroatoms. The molecule has 3 nitrogen and oxygen atoms in total. The Bertz CT molecular complexity index is 1810. The Morgan fingerprint density at radius 2 is 1.20 bits per heavy atom. The SMILES string of the molecule is N#C/C(=C/c1sc(-c2sc(-c3ccc(C=C(c4ccccc4)c4ccccc4)cc3)c(Br)c2Br)c(Br)c1Br)C(=O)O.